The summed E-state index contributed by atoms with van der Waals surface area (Å²) in [6.07, 6.45) is 5.23. The third-order valence-electron chi connectivity index (χ3n) is 5.61. The van der Waals surface area contributed by atoms with E-state index in [0.29, 0.717) is 42.5 Å². The Morgan fingerprint density at radius 1 is 1.09 bits per heavy atom. The second kappa shape index (κ2) is 9.51. The number of hydrogen-bond acceptors (Lipinski definition) is 7. The van der Waals surface area contributed by atoms with E-state index in [-0.39, 0.29) is 11.5 Å². The number of aromatic nitrogens is 3. The number of carbonyl (C=O) groups is 1. The molecule has 1 aliphatic heterocycles. The third kappa shape index (κ3) is 4.94. The Balaban J connectivity index is 1.17. The second-order valence-electron chi connectivity index (χ2n) is 7.89. The maximum absolute atomic E-state index is 13.0. The fourth-order valence-corrected chi connectivity index (χ4v) is 4.60. The standard InChI is InChI=1S/C24H23N5O3S/c30-22-14-20(26-24-29(22)11-12-33-24)16-27-7-9-28(10-8-27)23(31)19-4-1-5-21(13-19)32-17-18-3-2-6-25-15-18/h1-6,11-15H,7-10,16-17H2. The molecule has 0 saturated carbocycles. The van der Waals surface area contributed by atoms with Gasteiger partial charge in [0.2, 0.25) is 0 Å². The lowest BCUT2D eigenvalue weighted by Gasteiger charge is -2.34. The number of thiazole rings is 1. The van der Waals surface area contributed by atoms with Crippen LogP contribution in [0.1, 0.15) is 21.6 Å². The van der Waals surface area contributed by atoms with E-state index in [9.17, 15) is 9.59 Å². The second-order valence-corrected chi connectivity index (χ2v) is 8.76. The summed E-state index contributed by atoms with van der Waals surface area (Å²) < 4.78 is 7.39. The third-order valence-corrected chi connectivity index (χ3v) is 6.37. The first-order valence-electron chi connectivity index (χ1n) is 10.7. The first kappa shape index (κ1) is 21.3. The van der Waals surface area contributed by atoms with E-state index in [0.717, 1.165) is 24.3 Å². The number of pyridine rings is 1. The van der Waals surface area contributed by atoms with Gasteiger partial charge in [-0.2, -0.15) is 0 Å². The van der Waals surface area contributed by atoms with Crippen LogP contribution in [0.2, 0.25) is 0 Å². The van der Waals surface area contributed by atoms with Gasteiger partial charge in [0.05, 0.1) is 5.69 Å². The summed E-state index contributed by atoms with van der Waals surface area (Å²) in [6.45, 7) is 3.71. The lowest BCUT2D eigenvalue weighted by atomic mass is 10.1. The minimum absolute atomic E-state index is 0.00199. The van der Waals surface area contributed by atoms with E-state index in [4.69, 9.17) is 4.74 Å². The average molecular weight is 462 g/mol. The van der Waals surface area contributed by atoms with Crippen molar-refractivity contribution >= 4 is 22.2 Å². The van der Waals surface area contributed by atoms with Crippen LogP contribution in [-0.4, -0.2) is 56.3 Å². The molecule has 0 atom stereocenters. The van der Waals surface area contributed by atoms with Crippen LogP contribution in [-0.2, 0) is 13.2 Å². The highest BCUT2D eigenvalue weighted by Crippen LogP contribution is 2.18. The molecule has 1 aliphatic rings. The Morgan fingerprint density at radius 3 is 2.79 bits per heavy atom. The van der Waals surface area contributed by atoms with Crippen LogP contribution in [0.4, 0.5) is 0 Å². The number of piperazine rings is 1. The van der Waals surface area contributed by atoms with Crippen LogP contribution in [0.15, 0.2) is 71.2 Å². The molecule has 1 fully saturated rings. The predicted octanol–water partition coefficient (Wildman–Crippen LogP) is 2.69. The fourth-order valence-electron chi connectivity index (χ4n) is 3.86. The largest absolute Gasteiger partial charge is 0.489 e. The molecule has 9 heteroatoms. The number of nitrogens with zero attached hydrogens (tertiary/aromatic N) is 5. The number of amides is 1. The molecule has 0 N–H and O–H groups in total. The molecule has 1 aromatic carbocycles. The van der Waals surface area contributed by atoms with Crippen LogP contribution in [0.5, 0.6) is 5.75 Å². The van der Waals surface area contributed by atoms with Crippen LogP contribution in [0.25, 0.3) is 4.96 Å². The molecule has 4 aromatic rings. The molecule has 0 bridgehead atoms. The Morgan fingerprint density at radius 2 is 1.97 bits per heavy atom. The summed E-state index contributed by atoms with van der Waals surface area (Å²) in [5.74, 6) is 0.655. The highest BCUT2D eigenvalue weighted by Gasteiger charge is 2.23. The molecule has 0 aliphatic carbocycles. The molecule has 3 aromatic heterocycles. The first-order chi connectivity index (χ1) is 16.2. The molecule has 168 valence electrons. The Labute approximate surface area is 194 Å². The van der Waals surface area contributed by atoms with Crippen LogP contribution in [0.3, 0.4) is 0 Å². The van der Waals surface area contributed by atoms with E-state index in [1.165, 1.54) is 11.3 Å². The minimum atomic E-state index is -0.0595. The molecule has 8 nitrogen and oxygen atoms in total. The Hall–Kier alpha value is -3.56. The molecule has 1 amide bonds. The number of rotatable bonds is 6. The number of fused-ring (bicyclic) bond motifs is 1. The predicted molar refractivity (Wildman–Crippen MR) is 126 cm³/mol. The van der Waals surface area contributed by atoms with Gasteiger partial charge in [-0.05, 0) is 24.3 Å². The topological polar surface area (TPSA) is 80.0 Å². The minimum Gasteiger partial charge on any atom is -0.489 e. The van der Waals surface area contributed by atoms with Gasteiger partial charge in [-0.15, -0.1) is 11.3 Å². The van der Waals surface area contributed by atoms with Gasteiger partial charge in [0.15, 0.2) is 4.96 Å². The SMILES string of the molecule is O=C(c1cccc(OCc2cccnc2)c1)N1CCN(Cc2cc(=O)n3ccsc3n2)CC1. The summed E-state index contributed by atoms with van der Waals surface area (Å²) in [7, 11) is 0. The van der Waals surface area contributed by atoms with E-state index in [1.807, 2.05) is 40.6 Å². The smallest absolute Gasteiger partial charge is 0.258 e. The number of carbonyl (C=O) groups excluding carboxylic acids is 1. The maximum atomic E-state index is 13.0. The highest BCUT2D eigenvalue weighted by atomic mass is 32.1. The van der Waals surface area contributed by atoms with Gasteiger partial charge in [-0.1, -0.05) is 12.1 Å². The summed E-state index contributed by atoms with van der Waals surface area (Å²) in [4.78, 5) is 38.7. The normalized spacial score (nSPS) is 14.5. The molecule has 0 spiro atoms. The van der Waals surface area contributed by atoms with Gasteiger partial charge in [-0.3, -0.25) is 23.9 Å². The lowest BCUT2D eigenvalue weighted by molar-refractivity contribution is 0.0626. The molecule has 0 radical (unpaired) electrons. The number of benzene rings is 1. The van der Waals surface area contributed by atoms with Gasteiger partial charge < -0.3 is 9.64 Å². The molecular formula is C24H23N5O3S. The van der Waals surface area contributed by atoms with Crippen molar-refractivity contribution in [3.63, 3.8) is 0 Å². The van der Waals surface area contributed by atoms with Crippen molar-refractivity contribution in [1.29, 1.82) is 0 Å². The van der Waals surface area contributed by atoms with Gasteiger partial charge in [0.1, 0.15) is 12.4 Å². The van der Waals surface area contributed by atoms with Crippen molar-refractivity contribution in [3.05, 3.63) is 93.6 Å². The van der Waals surface area contributed by atoms with E-state index in [2.05, 4.69) is 14.9 Å². The maximum Gasteiger partial charge on any atom is 0.258 e. The van der Waals surface area contributed by atoms with E-state index in [1.54, 1.807) is 35.1 Å². The summed E-state index contributed by atoms with van der Waals surface area (Å²) >= 11 is 1.45. The zero-order chi connectivity index (χ0) is 22.6. The highest BCUT2D eigenvalue weighted by molar-refractivity contribution is 7.15. The zero-order valence-electron chi connectivity index (χ0n) is 18.0. The summed E-state index contributed by atoms with van der Waals surface area (Å²) in [6, 6.07) is 12.7. The molecule has 4 heterocycles. The lowest BCUT2D eigenvalue weighted by Crippen LogP contribution is -2.48. The van der Waals surface area contributed by atoms with Crippen molar-refractivity contribution in [2.24, 2.45) is 0 Å². The number of hydrogen-bond donors (Lipinski definition) is 0. The van der Waals surface area contributed by atoms with Gasteiger partial charge in [0.25, 0.3) is 11.5 Å². The van der Waals surface area contributed by atoms with Crippen molar-refractivity contribution < 1.29 is 9.53 Å². The fraction of sp³-hybridized carbons (Fsp3) is 0.250. The first-order valence-corrected chi connectivity index (χ1v) is 11.6. The van der Waals surface area contributed by atoms with E-state index < -0.39 is 0 Å². The Kier molecular flexibility index (Phi) is 6.14. The summed E-state index contributed by atoms with van der Waals surface area (Å²) in [5, 5.41) is 1.86. The molecule has 5 rings (SSSR count). The van der Waals surface area contributed by atoms with Crippen molar-refractivity contribution in [3.8, 4) is 5.75 Å². The Bertz CT molecular complexity index is 1310. The van der Waals surface area contributed by atoms with Gasteiger partial charge in [0, 0.05) is 73.9 Å². The van der Waals surface area contributed by atoms with E-state index >= 15 is 0 Å². The summed E-state index contributed by atoms with van der Waals surface area (Å²) in [5.41, 5.74) is 2.29. The van der Waals surface area contributed by atoms with Crippen molar-refractivity contribution in [2.75, 3.05) is 26.2 Å². The molecule has 1 saturated heterocycles. The molecule has 33 heavy (non-hydrogen) atoms. The zero-order valence-corrected chi connectivity index (χ0v) is 18.8. The molecular weight excluding hydrogens is 438 g/mol. The number of ether oxygens (including phenoxy) is 1. The quantitative estimate of drug-likeness (QED) is 0.439. The van der Waals surface area contributed by atoms with Crippen LogP contribution in [0, 0.1) is 0 Å². The van der Waals surface area contributed by atoms with Gasteiger partial charge in [-0.25, -0.2) is 4.98 Å². The van der Waals surface area contributed by atoms with Crippen LogP contribution < -0.4 is 10.3 Å². The van der Waals surface area contributed by atoms with Gasteiger partial charge >= 0.3 is 0 Å². The van der Waals surface area contributed by atoms with Crippen molar-refractivity contribution in [2.45, 2.75) is 13.2 Å². The van der Waals surface area contributed by atoms with Crippen molar-refractivity contribution in [1.82, 2.24) is 24.2 Å². The average Bonchev–Trinajstić information content (AvgIpc) is 3.33. The van der Waals surface area contributed by atoms with Crippen LogP contribution >= 0.6 is 11.3 Å². The monoisotopic (exact) mass is 461 g/mol. The molecule has 0 unspecified atom stereocenters.